The molecule has 0 aromatic carbocycles. The van der Waals surface area contributed by atoms with Crippen molar-refractivity contribution in [3.8, 4) is 0 Å². The van der Waals surface area contributed by atoms with Crippen molar-refractivity contribution in [1.82, 2.24) is 4.90 Å². The first kappa shape index (κ1) is 15.3. The van der Waals surface area contributed by atoms with Crippen molar-refractivity contribution in [3.05, 3.63) is 0 Å². The lowest BCUT2D eigenvalue weighted by Crippen LogP contribution is -2.43. The van der Waals surface area contributed by atoms with Gasteiger partial charge in [-0.25, -0.2) is 0 Å². The van der Waals surface area contributed by atoms with E-state index in [9.17, 15) is 0 Å². The maximum absolute atomic E-state index is 8.76. The summed E-state index contributed by atoms with van der Waals surface area (Å²) in [6.45, 7) is 7.83. The van der Waals surface area contributed by atoms with Gasteiger partial charge in [0.15, 0.2) is 0 Å². The van der Waals surface area contributed by atoms with Crippen molar-refractivity contribution < 1.29 is 5.21 Å². The third-order valence-electron chi connectivity index (χ3n) is 4.10. The van der Waals surface area contributed by atoms with Gasteiger partial charge in [-0.2, -0.15) is 0 Å². The molecule has 1 heterocycles. The summed E-state index contributed by atoms with van der Waals surface area (Å²) in [5, 5.41) is 11.9. The Kier molecular flexibility index (Phi) is 7.09. The average Bonchev–Trinajstić information content (AvgIpc) is 2.42. The molecule has 1 aliphatic rings. The second kappa shape index (κ2) is 8.35. The number of hydrogen-bond donors (Lipinski definition) is 2. The third kappa shape index (κ3) is 4.84. The molecule has 1 saturated heterocycles. The van der Waals surface area contributed by atoms with E-state index < -0.39 is 0 Å². The predicted octanol–water partition coefficient (Wildman–Crippen LogP) is 2.66. The smallest absolute Gasteiger partial charge is 0.143 e. The summed E-state index contributed by atoms with van der Waals surface area (Å²) in [5.41, 5.74) is 5.73. The largest absolute Gasteiger partial charge is 0.409 e. The van der Waals surface area contributed by atoms with Gasteiger partial charge in [-0.3, -0.25) is 0 Å². The number of likely N-dealkylation sites (tertiary alicyclic amines) is 1. The lowest BCUT2D eigenvalue weighted by molar-refractivity contribution is 0.166. The number of nitrogens with zero attached hydrogens (tertiary/aromatic N) is 2. The fraction of sp³-hybridized carbons (Fsp3) is 0.929. The second-order valence-corrected chi connectivity index (χ2v) is 5.54. The summed E-state index contributed by atoms with van der Waals surface area (Å²) in [5.74, 6) is 1.45. The van der Waals surface area contributed by atoms with Gasteiger partial charge in [0.1, 0.15) is 5.84 Å². The van der Waals surface area contributed by atoms with Crippen molar-refractivity contribution in [2.75, 3.05) is 19.6 Å². The molecule has 106 valence electrons. The summed E-state index contributed by atoms with van der Waals surface area (Å²) in [6.07, 6.45) is 7.41. The Labute approximate surface area is 111 Å². The van der Waals surface area contributed by atoms with Crippen molar-refractivity contribution >= 4 is 5.84 Å². The van der Waals surface area contributed by atoms with Gasteiger partial charge in [0.25, 0.3) is 0 Å². The van der Waals surface area contributed by atoms with E-state index in [2.05, 4.69) is 23.9 Å². The zero-order valence-corrected chi connectivity index (χ0v) is 11.9. The molecular weight excluding hydrogens is 226 g/mol. The highest BCUT2D eigenvalue weighted by Crippen LogP contribution is 2.20. The van der Waals surface area contributed by atoms with Crippen molar-refractivity contribution in [3.63, 3.8) is 0 Å². The maximum atomic E-state index is 8.76. The van der Waals surface area contributed by atoms with Gasteiger partial charge in [-0.1, -0.05) is 38.3 Å². The highest BCUT2D eigenvalue weighted by Gasteiger charge is 2.24. The lowest BCUT2D eigenvalue weighted by atomic mass is 9.94. The zero-order chi connectivity index (χ0) is 13.4. The van der Waals surface area contributed by atoms with Crippen LogP contribution in [0.3, 0.4) is 0 Å². The van der Waals surface area contributed by atoms with E-state index in [0.717, 1.165) is 31.8 Å². The van der Waals surface area contributed by atoms with Crippen LogP contribution in [0.5, 0.6) is 0 Å². The first-order chi connectivity index (χ1) is 8.71. The molecule has 3 N–H and O–H groups in total. The molecule has 0 spiro atoms. The molecule has 2 unspecified atom stereocenters. The number of unbranched alkanes of at least 4 members (excludes halogenated alkanes) is 1. The Morgan fingerprint density at radius 1 is 1.50 bits per heavy atom. The normalized spacial score (nSPS) is 24.1. The molecule has 1 fully saturated rings. The molecular formula is C14H29N3O. The highest BCUT2D eigenvalue weighted by molar-refractivity contribution is 5.82. The quantitative estimate of drug-likeness (QED) is 0.318. The Hall–Kier alpha value is -0.770. The van der Waals surface area contributed by atoms with E-state index in [1.54, 1.807) is 0 Å². The minimum atomic E-state index is 0.243. The van der Waals surface area contributed by atoms with E-state index in [1.807, 2.05) is 0 Å². The molecule has 0 saturated carbocycles. The Morgan fingerprint density at radius 2 is 2.28 bits per heavy atom. The van der Waals surface area contributed by atoms with Crippen LogP contribution in [0.4, 0.5) is 0 Å². The molecule has 18 heavy (non-hydrogen) atoms. The Morgan fingerprint density at radius 3 is 2.89 bits per heavy atom. The van der Waals surface area contributed by atoms with Crippen LogP contribution in [-0.2, 0) is 0 Å². The molecule has 1 rings (SSSR count). The second-order valence-electron chi connectivity index (χ2n) is 5.54. The van der Waals surface area contributed by atoms with E-state index in [1.165, 1.54) is 32.2 Å². The van der Waals surface area contributed by atoms with Crippen LogP contribution < -0.4 is 5.73 Å². The number of amidine groups is 1. The molecule has 0 aliphatic carbocycles. The number of hydrogen-bond acceptors (Lipinski definition) is 3. The molecule has 0 aromatic rings. The summed E-state index contributed by atoms with van der Waals surface area (Å²) in [6, 6.07) is 0. The lowest BCUT2D eigenvalue weighted by Gasteiger charge is -2.34. The van der Waals surface area contributed by atoms with Crippen LogP contribution in [-0.4, -0.2) is 35.6 Å². The average molecular weight is 255 g/mol. The minimum Gasteiger partial charge on any atom is -0.409 e. The fourth-order valence-electron chi connectivity index (χ4n) is 2.83. The summed E-state index contributed by atoms with van der Waals surface area (Å²) in [4.78, 5) is 2.50. The van der Waals surface area contributed by atoms with Crippen LogP contribution in [0.15, 0.2) is 5.16 Å². The van der Waals surface area contributed by atoms with Crippen LogP contribution in [0.2, 0.25) is 0 Å². The van der Waals surface area contributed by atoms with Crippen LogP contribution >= 0.6 is 0 Å². The van der Waals surface area contributed by atoms with E-state index in [-0.39, 0.29) is 5.92 Å². The number of nitrogens with two attached hydrogens (primary N) is 1. The van der Waals surface area contributed by atoms with Gasteiger partial charge in [0, 0.05) is 19.0 Å². The molecule has 0 bridgehead atoms. The molecule has 4 heteroatoms. The van der Waals surface area contributed by atoms with Gasteiger partial charge in [0.2, 0.25) is 0 Å². The first-order valence-corrected chi connectivity index (χ1v) is 7.41. The standard InChI is InChI=1S/C14H29N3O/c1-3-5-7-12(4-2)10-17-9-6-8-13(11-17)14(15)16-18/h12-13,18H,3-11H2,1-2H3,(H2,15,16). The van der Waals surface area contributed by atoms with Crippen LogP contribution in [0, 0.1) is 11.8 Å². The van der Waals surface area contributed by atoms with Gasteiger partial charge in [0.05, 0.1) is 0 Å². The van der Waals surface area contributed by atoms with Gasteiger partial charge in [-0.05, 0) is 31.7 Å². The van der Waals surface area contributed by atoms with Gasteiger partial charge < -0.3 is 15.8 Å². The summed E-state index contributed by atoms with van der Waals surface area (Å²) >= 11 is 0. The molecule has 2 atom stereocenters. The third-order valence-corrected chi connectivity index (χ3v) is 4.10. The molecule has 4 nitrogen and oxygen atoms in total. The zero-order valence-electron chi connectivity index (χ0n) is 11.9. The Balaban J connectivity index is 2.40. The first-order valence-electron chi connectivity index (χ1n) is 7.41. The number of oxime groups is 1. The maximum Gasteiger partial charge on any atom is 0.143 e. The van der Waals surface area contributed by atoms with Gasteiger partial charge >= 0.3 is 0 Å². The van der Waals surface area contributed by atoms with Crippen molar-refractivity contribution in [1.29, 1.82) is 0 Å². The van der Waals surface area contributed by atoms with E-state index >= 15 is 0 Å². The predicted molar refractivity (Wildman–Crippen MR) is 75.9 cm³/mol. The highest BCUT2D eigenvalue weighted by atomic mass is 16.4. The molecule has 0 radical (unpaired) electrons. The van der Waals surface area contributed by atoms with Crippen molar-refractivity contribution in [2.45, 2.75) is 52.4 Å². The summed E-state index contributed by atoms with van der Waals surface area (Å²) in [7, 11) is 0. The molecule has 0 amide bonds. The topological polar surface area (TPSA) is 61.8 Å². The van der Waals surface area contributed by atoms with Crippen molar-refractivity contribution in [2.24, 2.45) is 22.7 Å². The summed E-state index contributed by atoms with van der Waals surface area (Å²) < 4.78 is 0. The van der Waals surface area contributed by atoms with Crippen LogP contribution in [0.25, 0.3) is 0 Å². The van der Waals surface area contributed by atoms with Gasteiger partial charge in [-0.15, -0.1) is 0 Å². The van der Waals surface area contributed by atoms with E-state index in [4.69, 9.17) is 10.9 Å². The number of piperidine rings is 1. The number of rotatable bonds is 7. The Bertz CT molecular complexity index is 255. The van der Waals surface area contributed by atoms with Crippen LogP contribution in [0.1, 0.15) is 52.4 Å². The SMILES string of the molecule is CCCCC(CC)CN1CCCC(C(N)=NO)C1. The minimum absolute atomic E-state index is 0.243. The van der Waals surface area contributed by atoms with E-state index in [0.29, 0.717) is 5.84 Å². The fourth-order valence-corrected chi connectivity index (χ4v) is 2.83. The molecule has 1 aliphatic heterocycles. The molecule has 0 aromatic heterocycles. The monoisotopic (exact) mass is 255 g/mol.